The van der Waals surface area contributed by atoms with Crippen molar-refractivity contribution in [2.75, 3.05) is 13.1 Å². The highest BCUT2D eigenvalue weighted by molar-refractivity contribution is 5.94. The summed E-state index contributed by atoms with van der Waals surface area (Å²) >= 11 is 0. The molecule has 170 valence electrons. The van der Waals surface area contributed by atoms with E-state index in [-0.39, 0.29) is 17.9 Å². The lowest BCUT2D eigenvalue weighted by Crippen LogP contribution is -2.47. The Morgan fingerprint density at radius 3 is 2.52 bits per heavy atom. The summed E-state index contributed by atoms with van der Waals surface area (Å²) < 4.78 is 0. The number of rotatable bonds is 6. The molecule has 2 heterocycles. The normalized spacial score (nSPS) is 17.9. The molecule has 2 aromatic carbocycles. The van der Waals surface area contributed by atoms with E-state index in [1.54, 1.807) is 23.2 Å². The molecular formula is C28H31N3O2. The lowest BCUT2D eigenvalue weighted by molar-refractivity contribution is -0.130. The predicted octanol–water partition coefficient (Wildman–Crippen LogP) is 4.66. The third kappa shape index (κ3) is 5.14. The summed E-state index contributed by atoms with van der Waals surface area (Å²) in [6.07, 6.45) is 2.83. The number of hydrogen-bond acceptors (Lipinski definition) is 3. The number of likely N-dealkylation sites (tertiary alicyclic amines) is 1. The van der Waals surface area contributed by atoms with Gasteiger partial charge >= 0.3 is 0 Å². The molecule has 0 radical (unpaired) electrons. The van der Waals surface area contributed by atoms with Crippen LogP contribution in [0.5, 0.6) is 0 Å². The van der Waals surface area contributed by atoms with Crippen molar-refractivity contribution < 1.29 is 9.59 Å². The summed E-state index contributed by atoms with van der Waals surface area (Å²) in [4.78, 5) is 32.4. The second-order valence-electron chi connectivity index (χ2n) is 9.34. The molecule has 1 aliphatic rings. The average Bonchev–Trinajstić information content (AvgIpc) is 3.25. The van der Waals surface area contributed by atoms with Gasteiger partial charge < -0.3 is 10.2 Å². The number of aryl methyl sites for hydroxylation is 1. The highest BCUT2D eigenvalue weighted by Gasteiger charge is 2.46. The zero-order valence-electron chi connectivity index (χ0n) is 19.5. The summed E-state index contributed by atoms with van der Waals surface area (Å²) in [6.45, 7) is 6.94. The topological polar surface area (TPSA) is 62.3 Å². The van der Waals surface area contributed by atoms with Gasteiger partial charge in [-0.2, -0.15) is 0 Å². The summed E-state index contributed by atoms with van der Waals surface area (Å²) in [7, 11) is 0. The van der Waals surface area contributed by atoms with Crippen molar-refractivity contribution in [1.29, 1.82) is 0 Å². The van der Waals surface area contributed by atoms with Crippen LogP contribution in [0.1, 0.15) is 41.9 Å². The largest absolute Gasteiger partial charge is 0.353 e. The predicted molar refractivity (Wildman–Crippen MR) is 131 cm³/mol. The minimum atomic E-state index is -0.666. The van der Waals surface area contributed by atoms with E-state index in [2.05, 4.69) is 59.7 Å². The highest BCUT2D eigenvalue weighted by atomic mass is 16.2. The fourth-order valence-electron chi connectivity index (χ4n) is 4.52. The van der Waals surface area contributed by atoms with Gasteiger partial charge in [-0.1, -0.05) is 60.2 Å². The fraction of sp³-hybridized carbons (Fsp3) is 0.321. The van der Waals surface area contributed by atoms with Crippen molar-refractivity contribution in [3.63, 3.8) is 0 Å². The average molecular weight is 442 g/mol. The maximum absolute atomic E-state index is 13.4. The maximum atomic E-state index is 13.4. The van der Waals surface area contributed by atoms with E-state index >= 15 is 0 Å². The van der Waals surface area contributed by atoms with Crippen LogP contribution in [0.25, 0.3) is 11.1 Å². The first kappa shape index (κ1) is 22.7. The Labute approximate surface area is 195 Å². The first-order valence-electron chi connectivity index (χ1n) is 11.5. The lowest BCUT2D eigenvalue weighted by atomic mass is 9.79. The SMILES string of the molecule is Cc1ccc(-c2cccc(CC3(C(=O)NC(C)C)CCN(C(=O)c4ccccn4)C3)c2)cc1. The maximum Gasteiger partial charge on any atom is 0.272 e. The second kappa shape index (κ2) is 9.57. The van der Waals surface area contributed by atoms with E-state index in [9.17, 15) is 9.59 Å². The molecule has 1 aliphatic heterocycles. The number of amides is 2. The van der Waals surface area contributed by atoms with Crippen LogP contribution < -0.4 is 5.32 Å². The third-order valence-corrected chi connectivity index (χ3v) is 6.28. The van der Waals surface area contributed by atoms with Crippen LogP contribution in [-0.4, -0.2) is 40.8 Å². The summed E-state index contributed by atoms with van der Waals surface area (Å²) in [5.74, 6) is -0.113. The van der Waals surface area contributed by atoms with Crippen LogP contribution in [0.15, 0.2) is 72.9 Å². The van der Waals surface area contributed by atoms with Crippen molar-refractivity contribution in [2.45, 2.75) is 39.7 Å². The molecule has 0 spiro atoms. The Morgan fingerprint density at radius 2 is 1.82 bits per heavy atom. The Balaban J connectivity index is 1.61. The summed E-state index contributed by atoms with van der Waals surface area (Å²) in [6, 6.07) is 22.2. The number of carbonyl (C=O) groups excluding carboxylic acids is 2. The fourth-order valence-corrected chi connectivity index (χ4v) is 4.52. The van der Waals surface area contributed by atoms with E-state index in [1.165, 1.54) is 5.56 Å². The first-order valence-corrected chi connectivity index (χ1v) is 11.5. The smallest absolute Gasteiger partial charge is 0.272 e. The van der Waals surface area contributed by atoms with Gasteiger partial charge in [-0.25, -0.2) is 0 Å². The van der Waals surface area contributed by atoms with Crippen LogP contribution >= 0.6 is 0 Å². The van der Waals surface area contributed by atoms with Crippen LogP contribution in [0, 0.1) is 12.3 Å². The van der Waals surface area contributed by atoms with Gasteiger partial charge in [0.2, 0.25) is 5.91 Å². The molecule has 1 atom stereocenters. The van der Waals surface area contributed by atoms with Crippen LogP contribution in [-0.2, 0) is 11.2 Å². The van der Waals surface area contributed by atoms with Gasteiger partial charge in [-0.05, 0) is 62.4 Å². The van der Waals surface area contributed by atoms with E-state index in [4.69, 9.17) is 0 Å². The lowest BCUT2D eigenvalue weighted by Gasteiger charge is -2.29. The van der Waals surface area contributed by atoms with Gasteiger partial charge in [0.15, 0.2) is 0 Å². The minimum absolute atomic E-state index is 0.00885. The van der Waals surface area contributed by atoms with Crippen molar-refractivity contribution in [2.24, 2.45) is 5.41 Å². The monoisotopic (exact) mass is 441 g/mol. The van der Waals surface area contributed by atoms with Gasteiger partial charge in [-0.15, -0.1) is 0 Å². The molecular weight excluding hydrogens is 410 g/mol. The molecule has 1 unspecified atom stereocenters. The molecule has 1 fully saturated rings. The second-order valence-corrected chi connectivity index (χ2v) is 9.34. The van der Waals surface area contributed by atoms with Crippen LogP contribution in [0.3, 0.4) is 0 Å². The zero-order valence-corrected chi connectivity index (χ0v) is 19.5. The standard InChI is InChI=1S/C28H31N3O2/c1-20(2)30-27(33)28(14-16-31(19-28)26(32)25-9-4-5-15-29-25)18-22-7-6-8-24(17-22)23-12-10-21(3)11-13-23/h4-13,15,17,20H,14,16,18-19H2,1-3H3,(H,30,33). The van der Waals surface area contributed by atoms with Crippen molar-refractivity contribution >= 4 is 11.8 Å². The highest BCUT2D eigenvalue weighted by Crippen LogP contribution is 2.36. The number of aromatic nitrogens is 1. The molecule has 3 aromatic rings. The van der Waals surface area contributed by atoms with E-state index in [1.807, 2.05) is 26.0 Å². The van der Waals surface area contributed by atoms with Gasteiger partial charge in [-0.3, -0.25) is 14.6 Å². The van der Waals surface area contributed by atoms with Gasteiger partial charge in [0.05, 0.1) is 5.41 Å². The molecule has 33 heavy (non-hydrogen) atoms. The molecule has 5 heteroatoms. The summed E-state index contributed by atoms with van der Waals surface area (Å²) in [5, 5.41) is 3.11. The molecule has 5 nitrogen and oxygen atoms in total. The molecule has 1 aromatic heterocycles. The first-order chi connectivity index (χ1) is 15.9. The number of carbonyl (C=O) groups is 2. The van der Waals surface area contributed by atoms with E-state index in [0.29, 0.717) is 31.6 Å². The number of nitrogens with one attached hydrogen (secondary N) is 1. The number of hydrogen-bond donors (Lipinski definition) is 1. The van der Waals surface area contributed by atoms with E-state index in [0.717, 1.165) is 16.7 Å². The van der Waals surface area contributed by atoms with Crippen LogP contribution in [0.4, 0.5) is 0 Å². The van der Waals surface area contributed by atoms with Crippen LogP contribution in [0.2, 0.25) is 0 Å². The Kier molecular flexibility index (Phi) is 6.59. The number of nitrogens with zero attached hydrogens (tertiary/aromatic N) is 2. The Bertz CT molecular complexity index is 1130. The molecule has 4 rings (SSSR count). The number of pyridine rings is 1. The van der Waals surface area contributed by atoms with Gasteiger partial charge in [0, 0.05) is 25.3 Å². The Morgan fingerprint density at radius 1 is 1.03 bits per heavy atom. The van der Waals surface area contributed by atoms with Gasteiger partial charge in [0.25, 0.3) is 5.91 Å². The van der Waals surface area contributed by atoms with Crippen molar-refractivity contribution in [3.05, 3.63) is 89.7 Å². The third-order valence-electron chi connectivity index (χ3n) is 6.28. The molecule has 1 saturated heterocycles. The molecule has 0 saturated carbocycles. The van der Waals surface area contributed by atoms with Crippen molar-refractivity contribution in [3.8, 4) is 11.1 Å². The Hall–Kier alpha value is -3.47. The molecule has 0 bridgehead atoms. The zero-order chi connectivity index (χ0) is 23.4. The minimum Gasteiger partial charge on any atom is -0.353 e. The quantitative estimate of drug-likeness (QED) is 0.605. The molecule has 1 N–H and O–H groups in total. The van der Waals surface area contributed by atoms with Crippen molar-refractivity contribution in [1.82, 2.24) is 15.2 Å². The van der Waals surface area contributed by atoms with E-state index < -0.39 is 5.41 Å². The summed E-state index contributed by atoms with van der Waals surface area (Å²) in [5.41, 5.74) is 4.36. The molecule has 0 aliphatic carbocycles. The number of benzene rings is 2. The molecule has 2 amide bonds. The van der Waals surface area contributed by atoms with Gasteiger partial charge in [0.1, 0.15) is 5.69 Å².